The minimum atomic E-state index is -0.144. The van der Waals surface area contributed by atoms with Gasteiger partial charge in [0.25, 0.3) is 0 Å². The molecule has 2 unspecified atom stereocenters. The third kappa shape index (κ3) is 4.66. The number of rotatable bonds is 5. The van der Waals surface area contributed by atoms with Crippen molar-refractivity contribution in [2.45, 2.75) is 25.2 Å². The number of likely N-dealkylation sites (tertiary alicyclic amines) is 1. The van der Waals surface area contributed by atoms with Gasteiger partial charge in [-0.2, -0.15) is 0 Å². The Labute approximate surface area is 173 Å². The second-order valence-electron chi connectivity index (χ2n) is 8.03. The van der Waals surface area contributed by atoms with E-state index in [0.29, 0.717) is 6.54 Å². The minimum Gasteiger partial charge on any atom is -0.497 e. The van der Waals surface area contributed by atoms with Crippen LogP contribution in [0.3, 0.4) is 0 Å². The quantitative estimate of drug-likeness (QED) is 0.461. The molecule has 2 heterocycles. The first-order valence-corrected chi connectivity index (χ1v) is 10.3. The van der Waals surface area contributed by atoms with E-state index in [-0.39, 0.29) is 23.2 Å². The molecule has 0 spiro atoms. The van der Waals surface area contributed by atoms with Gasteiger partial charge >= 0.3 is 5.97 Å². The molecule has 7 heteroatoms. The normalized spacial score (nSPS) is 24.3. The maximum absolute atomic E-state index is 12.0. The number of carbonyl (C=O) groups excluding carboxylic acids is 1. The smallest absolute Gasteiger partial charge is 0.310 e. The van der Waals surface area contributed by atoms with E-state index in [1.54, 1.807) is 14.2 Å². The number of nitrogens with one attached hydrogen (secondary N) is 1. The number of carbonyl (C=O) groups is 1. The van der Waals surface area contributed by atoms with Crippen LogP contribution in [0.15, 0.2) is 29.3 Å². The van der Waals surface area contributed by atoms with Crippen molar-refractivity contribution in [2.75, 3.05) is 54.1 Å². The highest BCUT2D eigenvalue weighted by Crippen LogP contribution is 2.35. The van der Waals surface area contributed by atoms with E-state index < -0.39 is 0 Å². The number of methoxy groups -OCH3 is 2. The molecular weight excluding hydrogens is 370 g/mol. The van der Waals surface area contributed by atoms with Crippen molar-refractivity contribution >= 4 is 11.9 Å². The number of hydrogen-bond acceptors (Lipinski definition) is 5. The van der Waals surface area contributed by atoms with Gasteiger partial charge in [-0.25, -0.2) is 0 Å². The summed E-state index contributed by atoms with van der Waals surface area (Å²) in [5.74, 6) is 1.67. The van der Waals surface area contributed by atoms with Crippen LogP contribution < -0.4 is 10.1 Å². The van der Waals surface area contributed by atoms with Gasteiger partial charge in [0.1, 0.15) is 5.75 Å². The molecule has 0 saturated carbocycles. The summed E-state index contributed by atoms with van der Waals surface area (Å²) in [4.78, 5) is 18.7. The molecule has 0 aromatic heterocycles. The molecule has 2 atom stereocenters. The van der Waals surface area contributed by atoms with E-state index in [0.717, 1.165) is 50.9 Å². The van der Waals surface area contributed by atoms with Crippen LogP contribution in [0.25, 0.3) is 0 Å². The van der Waals surface area contributed by atoms with Crippen LogP contribution in [-0.2, 0) is 19.7 Å². The molecule has 1 aromatic rings. The number of hydrogen-bond donors (Lipinski definition) is 1. The van der Waals surface area contributed by atoms with Gasteiger partial charge in [0.2, 0.25) is 0 Å². The summed E-state index contributed by atoms with van der Waals surface area (Å²) in [7, 11) is 4.93. The Bertz CT molecular complexity index is 713. The summed E-state index contributed by atoms with van der Waals surface area (Å²) < 4.78 is 15.9. The van der Waals surface area contributed by atoms with Gasteiger partial charge in [-0.3, -0.25) is 9.79 Å². The molecule has 7 nitrogen and oxygen atoms in total. The molecule has 0 radical (unpaired) electrons. The summed E-state index contributed by atoms with van der Waals surface area (Å²) in [6.07, 6.45) is 1.90. The fourth-order valence-electron chi connectivity index (χ4n) is 4.45. The predicted octanol–water partition coefficient (Wildman–Crippen LogP) is 2.06. The molecule has 0 bridgehead atoms. The Hall–Kier alpha value is -2.28. The average Bonchev–Trinajstić information content (AvgIpc) is 3.15. The van der Waals surface area contributed by atoms with E-state index in [4.69, 9.17) is 14.2 Å². The van der Waals surface area contributed by atoms with Crippen molar-refractivity contribution in [1.82, 2.24) is 10.2 Å². The summed E-state index contributed by atoms with van der Waals surface area (Å²) in [5, 5.41) is 3.58. The number of ether oxygens (including phenoxy) is 3. The molecule has 0 aliphatic carbocycles. The van der Waals surface area contributed by atoms with Gasteiger partial charge in [-0.15, -0.1) is 0 Å². The molecule has 160 valence electrons. The molecule has 2 saturated heterocycles. The second-order valence-corrected chi connectivity index (χ2v) is 8.03. The number of benzene rings is 1. The summed E-state index contributed by atoms with van der Waals surface area (Å²) >= 11 is 0. The summed E-state index contributed by atoms with van der Waals surface area (Å²) in [5.41, 5.74) is 1.26. The fraction of sp³-hybridized carbons (Fsp3) is 0.636. The molecule has 1 N–H and O–H groups in total. The molecular formula is C22H33N3O4. The van der Waals surface area contributed by atoms with Crippen LogP contribution in [0.5, 0.6) is 5.75 Å². The van der Waals surface area contributed by atoms with Gasteiger partial charge in [0.15, 0.2) is 5.96 Å². The van der Waals surface area contributed by atoms with Crippen molar-refractivity contribution < 1.29 is 19.0 Å². The summed E-state index contributed by atoms with van der Waals surface area (Å²) in [6.45, 7) is 5.77. The highest BCUT2D eigenvalue weighted by Gasteiger charge is 2.39. The third-order valence-corrected chi connectivity index (χ3v) is 6.36. The Kier molecular flexibility index (Phi) is 7.00. The number of guanidine groups is 1. The zero-order valence-corrected chi connectivity index (χ0v) is 17.9. The lowest BCUT2D eigenvalue weighted by Crippen LogP contribution is -2.49. The molecule has 0 amide bonds. The van der Waals surface area contributed by atoms with Crippen LogP contribution in [0, 0.1) is 11.8 Å². The molecule has 29 heavy (non-hydrogen) atoms. The van der Waals surface area contributed by atoms with E-state index in [2.05, 4.69) is 34.3 Å². The number of esters is 1. The van der Waals surface area contributed by atoms with Crippen molar-refractivity contribution in [1.29, 1.82) is 0 Å². The van der Waals surface area contributed by atoms with Crippen molar-refractivity contribution in [3.63, 3.8) is 0 Å². The fourth-order valence-corrected chi connectivity index (χ4v) is 4.45. The van der Waals surface area contributed by atoms with Gasteiger partial charge in [0, 0.05) is 45.3 Å². The SMILES string of the molecule is CN=C(NCC1(c2ccc(OC)cc2)CCOCC1)N1CC(C)C(C(=O)OC)C1. The maximum Gasteiger partial charge on any atom is 0.310 e. The zero-order valence-electron chi connectivity index (χ0n) is 17.9. The van der Waals surface area contributed by atoms with E-state index in [1.807, 2.05) is 12.1 Å². The topological polar surface area (TPSA) is 72.4 Å². The van der Waals surface area contributed by atoms with Gasteiger partial charge in [-0.05, 0) is 36.5 Å². The Morgan fingerprint density at radius 1 is 1.24 bits per heavy atom. The lowest BCUT2D eigenvalue weighted by molar-refractivity contribution is -0.145. The average molecular weight is 404 g/mol. The van der Waals surface area contributed by atoms with E-state index in [1.165, 1.54) is 12.7 Å². The lowest BCUT2D eigenvalue weighted by Gasteiger charge is -2.39. The predicted molar refractivity (Wildman–Crippen MR) is 112 cm³/mol. The number of aliphatic imine (C=N–C) groups is 1. The van der Waals surface area contributed by atoms with Crippen LogP contribution in [0.4, 0.5) is 0 Å². The Morgan fingerprint density at radius 2 is 1.93 bits per heavy atom. The standard InChI is InChI=1S/C22H33N3O4/c1-16-13-25(14-19(16)20(26)28-4)21(23-2)24-15-22(9-11-29-12-10-22)17-5-7-18(27-3)8-6-17/h5-8,16,19H,9-15H2,1-4H3,(H,23,24). The van der Waals surface area contributed by atoms with Gasteiger partial charge in [-0.1, -0.05) is 19.1 Å². The van der Waals surface area contributed by atoms with Crippen LogP contribution >= 0.6 is 0 Å². The second kappa shape index (κ2) is 9.48. The molecule has 2 fully saturated rings. The van der Waals surface area contributed by atoms with Gasteiger partial charge in [0.05, 0.1) is 20.1 Å². The Balaban J connectivity index is 1.72. The summed E-state index contributed by atoms with van der Waals surface area (Å²) in [6, 6.07) is 8.34. The first-order chi connectivity index (χ1) is 14.0. The highest BCUT2D eigenvalue weighted by atomic mass is 16.5. The molecule has 1 aromatic carbocycles. The van der Waals surface area contributed by atoms with Crippen LogP contribution in [0.1, 0.15) is 25.3 Å². The lowest BCUT2D eigenvalue weighted by atomic mass is 9.74. The third-order valence-electron chi connectivity index (χ3n) is 6.36. The van der Waals surface area contributed by atoms with Gasteiger partial charge < -0.3 is 24.4 Å². The van der Waals surface area contributed by atoms with Crippen LogP contribution in [-0.4, -0.2) is 70.9 Å². The van der Waals surface area contributed by atoms with Crippen molar-refractivity contribution in [3.05, 3.63) is 29.8 Å². The highest BCUT2D eigenvalue weighted by molar-refractivity contribution is 5.82. The minimum absolute atomic E-state index is 0.0203. The molecule has 2 aliphatic heterocycles. The maximum atomic E-state index is 12.0. The molecule has 2 aliphatic rings. The van der Waals surface area contributed by atoms with Crippen molar-refractivity contribution in [2.24, 2.45) is 16.8 Å². The first-order valence-electron chi connectivity index (χ1n) is 10.3. The van der Waals surface area contributed by atoms with E-state index in [9.17, 15) is 4.79 Å². The monoisotopic (exact) mass is 403 g/mol. The van der Waals surface area contributed by atoms with Crippen molar-refractivity contribution in [3.8, 4) is 5.75 Å². The van der Waals surface area contributed by atoms with E-state index >= 15 is 0 Å². The largest absolute Gasteiger partial charge is 0.497 e. The Morgan fingerprint density at radius 3 is 2.52 bits per heavy atom. The first kappa shape index (κ1) is 21.4. The zero-order chi connectivity index (χ0) is 20.9. The molecule has 3 rings (SSSR count). The van der Waals surface area contributed by atoms with Crippen LogP contribution in [0.2, 0.25) is 0 Å². The number of nitrogens with zero attached hydrogens (tertiary/aromatic N) is 2.